The molecule has 0 aliphatic carbocycles. The van der Waals surface area contributed by atoms with E-state index in [1.165, 1.54) is 12.3 Å². The maximum atomic E-state index is 14.6. The Morgan fingerprint density at radius 2 is 2.00 bits per heavy atom. The summed E-state index contributed by atoms with van der Waals surface area (Å²) >= 11 is 6.01. The van der Waals surface area contributed by atoms with E-state index in [4.69, 9.17) is 21.1 Å². The molecule has 1 fully saturated rings. The lowest BCUT2D eigenvalue weighted by molar-refractivity contribution is 0.122. The lowest BCUT2D eigenvalue weighted by Crippen LogP contribution is -2.36. The highest BCUT2D eigenvalue weighted by Crippen LogP contribution is 2.24. The average molecular weight is 487 g/mol. The van der Waals surface area contributed by atoms with E-state index in [0.717, 1.165) is 5.56 Å². The predicted molar refractivity (Wildman–Crippen MR) is 130 cm³/mol. The molecule has 8 nitrogen and oxygen atoms in total. The van der Waals surface area contributed by atoms with E-state index in [-0.39, 0.29) is 11.4 Å². The van der Waals surface area contributed by atoms with Gasteiger partial charge in [-0.25, -0.2) is 9.18 Å². The zero-order valence-electron chi connectivity index (χ0n) is 18.3. The lowest BCUT2D eigenvalue weighted by Gasteiger charge is -2.29. The summed E-state index contributed by atoms with van der Waals surface area (Å²) < 4.78 is 25.1. The summed E-state index contributed by atoms with van der Waals surface area (Å²) in [5, 5.41) is 6.21. The van der Waals surface area contributed by atoms with E-state index in [1.807, 2.05) is 23.1 Å². The molecule has 0 radical (unpaired) electrons. The van der Waals surface area contributed by atoms with Crippen molar-refractivity contribution in [2.75, 3.05) is 48.4 Å². The molecule has 0 spiro atoms. The lowest BCUT2D eigenvalue weighted by atomic mass is 10.1. The fourth-order valence-electron chi connectivity index (χ4n) is 3.62. The van der Waals surface area contributed by atoms with Crippen LogP contribution in [-0.4, -0.2) is 43.9 Å². The van der Waals surface area contributed by atoms with Crippen molar-refractivity contribution in [3.63, 3.8) is 0 Å². The largest absolute Gasteiger partial charge is 0.417 e. The summed E-state index contributed by atoms with van der Waals surface area (Å²) in [7, 11) is 0. The minimum Gasteiger partial charge on any atom is -0.402 e. The molecule has 2 heterocycles. The standard InChI is InChI=1S/C24H24ClFN4O4/c25-17-3-1-2-16(14-17)6-8-27-20-7-9-28-23(31)22(20)34-24(32)29-18-4-5-21(19(26)15-18)30-10-12-33-13-11-30/h1-5,7,9,14-15H,6,8,10-13H2,(H,29,32)(H2,27,28,31). The number of hydrogen-bond donors (Lipinski definition) is 3. The van der Waals surface area contributed by atoms with Crippen LogP contribution in [0, 0.1) is 5.82 Å². The highest BCUT2D eigenvalue weighted by Gasteiger charge is 2.17. The average Bonchev–Trinajstić information content (AvgIpc) is 2.82. The molecule has 1 aliphatic rings. The molecule has 0 unspecified atom stereocenters. The van der Waals surface area contributed by atoms with Gasteiger partial charge in [0.25, 0.3) is 5.56 Å². The Balaban J connectivity index is 1.39. The Morgan fingerprint density at radius 3 is 2.76 bits per heavy atom. The maximum absolute atomic E-state index is 14.6. The number of hydrogen-bond acceptors (Lipinski definition) is 6. The Labute approximate surface area is 200 Å². The van der Waals surface area contributed by atoms with E-state index >= 15 is 0 Å². The minimum atomic E-state index is -0.909. The number of morpholine rings is 1. The molecule has 0 atom stereocenters. The summed E-state index contributed by atoms with van der Waals surface area (Å²) in [5.41, 5.74) is 1.45. The van der Waals surface area contributed by atoms with E-state index in [9.17, 15) is 14.0 Å². The van der Waals surface area contributed by atoms with Crippen LogP contribution in [0.5, 0.6) is 5.75 Å². The molecular formula is C24H24ClFN4O4. The van der Waals surface area contributed by atoms with Gasteiger partial charge < -0.3 is 24.7 Å². The Kier molecular flexibility index (Phi) is 7.66. The summed E-state index contributed by atoms with van der Waals surface area (Å²) in [6, 6.07) is 13.4. The Hall–Kier alpha value is -3.56. The zero-order chi connectivity index (χ0) is 23.9. The monoisotopic (exact) mass is 486 g/mol. The number of pyridine rings is 1. The molecule has 1 amide bonds. The van der Waals surface area contributed by atoms with Gasteiger partial charge in [-0.15, -0.1) is 0 Å². The van der Waals surface area contributed by atoms with Crippen LogP contribution in [-0.2, 0) is 11.2 Å². The SMILES string of the molecule is O=C(Nc1ccc(N2CCOCC2)c(F)c1)Oc1c(NCCc2cccc(Cl)c2)cc[nH]c1=O. The van der Waals surface area contributed by atoms with Crippen LogP contribution in [0.4, 0.5) is 26.2 Å². The molecule has 0 bridgehead atoms. The molecule has 178 valence electrons. The molecule has 0 saturated carbocycles. The molecule has 4 rings (SSSR count). The van der Waals surface area contributed by atoms with Crippen LogP contribution >= 0.6 is 11.6 Å². The van der Waals surface area contributed by atoms with Crippen LogP contribution in [0.2, 0.25) is 5.02 Å². The van der Waals surface area contributed by atoms with Crippen molar-refractivity contribution in [2.45, 2.75) is 6.42 Å². The molecule has 2 aromatic carbocycles. The van der Waals surface area contributed by atoms with Crippen LogP contribution in [0.1, 0.15) is 5.56 Å². The summed E-state index contributed by atoms with van der Waals surface area (Å²) in [4.78, 5) is 29.1. The van der Waals surface area contributed by atoms with Crippen molar-refractivity contribution >= 4 is 34.8 Å². The van der Waals surface area contributed by atoms with E-state index < -0.39 is 17.5 Å². The van der Waals surface area contributed by atoms with Crippen LogP contribution in [0.3, 0.4) is 0 Å². The third-order valence-corrected chi connectivity index (χ3v) is 5.51. The molecule has 1 saturated heterocycles. The second-order valence-electron chi connectivity index (χ2n) is 7.64. The first kappa shape index (κ1) is 23.6. The van der Waals surface area contributed by atoms with Crippen molar-refractivity contribution in [3.8, 4) is 5.75 Å². The summed E-state index contributed by atoms with van der Waals surface area (Å²) in [5.74, 6) is -0.655. The van der Waals surface area contributed by atoms with Gasteiger partial charge in [-0.3, -0.25) is 10.1 Å². The van der Waals surface area contributed by atoms with Gasteiger partial charge in [0, 0.05) is 36.5 Å². The van der Waals surface area contributed by atoms with Gasteiger partial charge in [0.1, 0.15) is 5.82 Å². The van der Waals surface area contributed by atoms with E-state index in [2.05, 4.69) is 15.6 Å². The normalized spacial score (nSPS) is 13.4. The van der Waals surface area contributed by atoms with Gasteiger partial charge in [-0.2, -0.15) is 0 Å². The number of rotatable bonds is 7. The topological polar surface area (TPSA) is 95.7 Å². The van der Waals surface area contributed by atoms with Gasteiger partial charge in [0.15, 0.2) is 0 Å². The first-order valence-electron chi connectivity index (χ1n) is 10.8. The third kappa shape index (κ3) is 6.06. The fourth-order valence-corrected chi connectivity index (χ4v) is 3.83. The number of carbonyl (C=O) groups is 1. The van der Waals surface area contributed by atoms with E-state index in [1.54, 1.807) is 24.3 Å². The van der Waals surface area contributed by atoms with Crippen LogP contribution in [0.15, 0.2) is 59.5 Å². The number of amides is 1. The number of anilines is 3. The maximum Gasteiger partial charge on any atom is 0.417 e. The van der Waals surface area contributed by atoms with Gasteiger partial charge >= 0.3 is 6.09 Å². The number of carbonyl (C=O) groups excluding carboxylic acids is 1. The Morgan fingerprint density at radius 1 is 1.18 bits per heavy atom. The molecule has 3 N–H and O–H groups in total. The summed E-state index contributed by atoms with van der Waals surface area (Å²) in [6.07, 6.45) is 1.19. The highest BCUT2D eigenvalue weighted by molar-refractivity contribution is 6.30. The summed E-state index contributed by atoms with van der Waals surface area (Å²) in [6.45, 7) is 2.74. The van der Waals surface area contributed by atoms with Crippen LogP contribution in [0.25, 0.3) is 0 Å². The van der Waals surface area contributed by atoms with Gasteiger partial charge in [-0.1, -0.05) is 23.7 Å². The van der Waals surface area contributed by atoms with Gasteiger partial charge in [0.2, 0.25) is 5.75 Å². The highest BCUT2D eigenvalue weighted by atomic mass is 35.5. The number of aromatic nitrogens is 1. The first-order valence-corrected chi connectivity index (χ1v) is 11.2. The fraction of sp³-hybridized carbons (Fsp3) is 0.250. The second kappa shape index (κ2) is 11.0. The molecular weight excluding hydrogens is 463 g/mol. The molecule has 1 aliphatic heterocycles. The van der Waals surface area contributed by atoms with Gasteiger partial charge in [0.05, 0.1) is 24.6 Å². The molecule has 1 aromatic heterocycles. The number of nitrogens with one attached hydrogen (secondary N) is 3. The number of H-pyrrole nitrogens is 1. The minimum absolute atomic E-state index is 0.184. The smallest absolute Gasteiger partial charge is 0.402 e. The molecule has 10 heteroatoms. The van der Waals surface area contributed by atoms with Gasteiger partial charge in [-0.05, 0) is 48.4 Å². The number of ether oxygens (including phenoxy) is 2. The van der Waals surface area contributed by atoms with Crippen molar-refractivity contribution in [2.24, 2.45) is 0 Å². The Bertz CT molecular complexity index is 1210. The second-order valence-corrected chi connectivity index (χ2v) is 8.07. The van der Waals surface area contributed by atoms with E-state index in [0.29, 0.717) is 55.7 Å². The molecule has 3 aromatic rings. The number of benzene rings is 2. The van der Waals surface area contributed by atoms with Crippen molar-refractivity contribution < 1.29 is 18.7 Å². The first-order chi connectivity index (χ1) is 16.5. The van der Waals surface area contributed by atoms with Crippen molar-refractivity contribution in [3.05, 3.63) is 81.5 Å². The third-order valence-electron chi connectivity index (χ3n) is 5.27. The van der Waals surface area contributed by atoms with Crippen molar-refractivity contribution in [1.82, 2.24) is 4.98 Å². The van der Waals surface area contributed by atoms with Crippen LogP contribution < -0.4 is 25.8 Å². The number of aromatic amines is 1. The molecule has 34 heavy (non-hydrogen) atoms. The number of nitrogens with zero attached hydrogens (tertiary/aromatic N) is 1. The number of halogens is 2. The quantitative estimate of drug-likeness (QED) is 0.461. The predicted octanol–water partition coefficient (Wildman–Crippen LogP) is 4.27. The van der Waals surface area contributed by atoms with Crippen molar-refractivity contribution in [1.29, 1.82) is 0 Å². The zero-order valence-corrected chi connectivity index (χ0v) is 19.0.